The third-order valence-corrected chi connectivity index (χ3v) is 13.2. The van der Waals surface area contributed by atoms with Gasteiger partial charge < -0.3 is 50.1 Å². The number of nitrogens with one attached hydrogen (secondary N) is 2. The fourth-order valence-electron chi connectivity index (χ4n) is 9.30. The van der Waals surface area contributed by atoms with Gasteiger partial charge in [0.05, 0.1) is 18.3 Å². The molecule has 0 unspecified atom stereocenters. The van der Waals surface area contributed by atoms with Crippen molar-refractivity contribution in [2.75, 3.05) is 38.2 Å². The van der Waals surface area contributed by atoms with Gasteiger partial charge in [-0.15, -0.1) is 0 Å². The molecule has 2 aliphatic rings. The minimum atomic E-state index is -1.59. The number of primary amides is 1. The lowest BCUT2D eigenvalue weighted by molar-refractivity contribution is -0.145. The van der Waals surface area contributed by atoms with Crippen molar-refractivity contribution in [3.05, 3.63) is 108 Å². The molecule has 19 heteroatoms. The molecule has 5 N–H and O–H groups in total. The number of aliphatic hydroxyl groups excluding tert-OH is 1. The maximum absolute atomic E-state index is 16.2. The minimum Gasteiger partial charge on any atom is -0.445 e. The number of hydrogen-bond donors (Lipinski definition) is 4. The number of carbonyl (C=O) groups excluding carboxylic acids is 6. The van der Waals surface area contributed by atoms with Crippen molar-refractivity contribution < 1.29 is 56.5 Å². The van der Waals surface area contributed by atoms with Gasteiger partial charge in [-0.3, -0.25) is 19.2 Å². The molecule has 0 bridgehead atoms. The maximum atomic E-state index is 16.2. The summed E-state index contributed by atoms with van der Waals surface area (Å²) in [6.07, 6.45) is -0.142. The third kappa shape index (κ3) is 15.0. The largest absolute Gasteiger partial charge is 0.445 e. The van der Waals surface area contributed by atoms with Crippen LogP contribution in [0.15, 0.2) is 79.0 Å². The van der Waals surface area contributed by atoms with Gasteiger partial charge in [0.15, 0.2) is 0 Å². The molecule has 5 amide bonds. The van der Waals surface area contributed by atoms with Crippen LogP contribution in [-0.4, -0.2) is 111 Å². The first kappa shape index (κ1) is 54.7. The van der Waals surface area contributed by atoms with Gasteiger partial charge in [0.1, 0.15) is 48.2 Å². The van der Waals surface area contributed by atoms with E-state index in [0.717, 1.165) is 23.8 Å². The maximum Gasteiger partial charge on any atom is 0.410 e. The minimum absolute atomic E-state index is 0.0233. The number of halogens is 3. The van der Waals surface area contributed by atoms with Crippen LogP contribution in [0.5, 0.6) is 0 Å². The predicted octanol–water partition coefficient (Wildman–Crippen LogP) is 6.88. The summed E-state index contributed by atoms with van der Waals surface area (Å²) < 4.78 is 59.2. The third-order valence-electron chi connectivity index (χ3n) is 13.2. The Morgan fingerprint density at radius 2 is 1.64 bits per heavy atom. The number of imidazole rings is 1. The SMILES string of the molecule is CC(=O)C[C@H](C(=O)N[C@@H](CCCCC(N)=O)C(=O)Nc1ccc(COC(=O)N2C[C@@H](CN(C(=O)[C@H](C)O)[C@@H](c3nc(-c4cc(F)ccc4F)cn3Cc3ccccc3)C3CCOCC3)[C@@H](F)C2)cc1)C(C)C. The highest BCUT2D eigenvalue weighted by atomic mass is 19.1. The zero-order valence-electron chi connectivity index (χ0n) is 41.2. The van der Waals surface area contributed by atoms with E-state index in [1.807, 2.05) is 44.2 Å². The molecule has 2 saturated heterocycles. The van der Waals surface area contributed by atoms with Crippen LogP contribution in [0.2, 0.25) is 0 Å². The van der Waals surface area contributed by atoms with E-state index in [2.05, 4.69) is 10.6 Å². The molecule has 3 heterocycles. The molecular weight excluding hydrogens is 936 g/mol. The standard InChI is InChI=1S/C53H66F3N7O9/c1-32(2)41(24-33(3)64)50(67)60-45(12-8-9-13-47(57)66)51(68)58-40-17-14-36(15-18-40)31-72-53(70)62-27-38(44(56)29-62)28-63(52(69)34(4)65)48(37-20-22-71-23-21-37)49-59-46(42-25-39(54)16-19-43(42)55)30-61(49)26-35-10-6-5-7-11-35/h5-7,10-11,14-19,25,30,32,34,37-38,41,44-45,48,65H,8-9,12-13,20-24,26-29,31H2,1-4H3,(H2,57,66)(H,58,68)(H,60,67)/t34-,38-,41-,44-,45-,48+/m0/s1. The van der Waals surface area contributed by atoms with E-state index in [0.29, 0.717) is 56.0 Å². The molecule has 2 aliphatic heterocycles. The van der Waals surface area contributed by atoms with Crippen LogP contribution >= 0.6 is 0 Å². The number of aliphatic hydroxyl groups is 1. The smallest absolute Gasteiger partial charge is 0.410 e. The molecule has 0 aliphatic carbocycles. The second-order valence-electron chi connectivity index (χ2n) is 19.2. The molecule has 3 aromatic carbocycles. The second-order valence-corrected chi connectivity index (χ2v) is 19.2. The lowest BCUT2D eigenvalue weighted by atomic mass is 9.88. The average Bonchev–Trinajstić information content (AvgIpc) is 3.93. The zero-order chi connectivity index (χ0) is 52.1. The fourth-order valence-corrected chi connectivity index (χ4v) is 9.30. The summed E-state index contributed by atoms with van der Waals surface area (Å²) in [5.41, 5.74) is 7.11. The lowest BCUT2D eigenvalue weighted by Crippen LogP contribution is -2.48. The fraction of sp³-hybridized carbons (Fsp3) is 0.491. The van der Waals surface area contributed by atoms with Crippen LogP contribution in [0, 0.1) is 35.3 Å². The number of ketones is 1. The first-order valence-corrected chi connectivity index (χ1v) is 24.5. The van der Waals surface area contributed by atoms with E-state index in [9.17, 15) is 38.3 Å². The number of unbranched alkanes of at least 4 members (excludes halogenated alkanes) is 1. The van der Waals surface area contributed by atoms with Gasteiger partial charge in [0, 0.05) is 75.0 Å². The van der Waals surface area contributed by atoms with Crippen molar-refractivity contribution in [1.29, 1.82) is 0 Å². The summed E-state index contributed by atoms with van der Waals surface area (Å²) in [6.45, 7) is 6.45. The highest BCUT2D eigenvalue weighted by Crippen LogP contribution is 2.39. The van der Waals surface area contributed by atoms with Gasteiger partial charge in [0.25, 0.3) is 5.91 Å². The normalized spacial score (nSPS) is 17.7. The van der Waals surface area contributed by atoms with Crippen LogP contribution in [0.25, 0.3) is 11.3 Å². The Hall–Kier alpha value is -6.60. The number of carbonyl (C=O) groups is 6. The molecule has 0 spiro atoms. The molecule has 0 radical (unpaired) electrons. The number of Topliss-reactive ketones (excluding diaryl/α,β-unsaturated/α-hetero) is 1. The summed E-state index contributed by atoms with van der Waals surface area (Å²) in [4.78, 5) is 85.2. The number of nitrogens with zero attached hydrogens (tertiary/aromatic N) is 4. The van der Waals surface area contributed by atoms with Gasteiger partial charge in [-0.1, -0.05) is 62.7 Å². The van der Waals surface area contributed by atoms with Crippen molar-refractivity contribution in [2.24, 2.45) is 29.4 Å². The molecular formula is C53H66F3N7O9. The van der Waals surface area contributed by atoms with Crippen LogP contribution < -0.4 is 16.4 Å². The number of rotatable bonds is 23. The number of alkyl halides is 1. The summed E-state index contributed by atoms with van der Waals surface area (Å²) in [6, 6.07) is 17.0. The van der Waals surface area contributed by atoms with E-state index in [1.54, 1.807) is 35.0 Å². The van der Waals surface area contributed by atoms with Crippen molar-refractivity contribution in [1.82, 2.24) is 24.7 Å². The van der Waals surface area contributed by atoms with Gasteiger partial charge in [0.2, 0.25) is 17.7 Å². The Kier molecular flexibility index (Phi) is 19.5. The zero-order valence-corrected chi connectivity index (χ0v) is 41.2. The molecule has 72 heavy (non-hydrogen) atoms. The Balaban J connectivity index is 1.15. The first-order valence-electron chi connectivity index (χ1n) is 24.5. The first-order chi connectivity index (χ1) is 34.4. The van der Waals surface area contributed by atoms with Crippen molar-refractivity contribution in [3.63, 3.8) is 0 Å². The summed E-state index contributed by atoms with van der Waals surface area (Å²) >= 11 is 0. The monoisotopic (exact) mass is 1000 g/mol. The molecule has 388 valence electrons. The molecule has 6 atom stereocenters. The number of ether oxygens (including phenoxy) is 2. The summed E-state index contributed by atoms with van der Waals surface area (Å²) in [5.74, 6) is -5.32. The van der Waals surface area contributed by atoms with E-state index >= 15 is 8.78 Å². The highest BCUT2D eigenvalue weighted by Gasteiger charge is 2.43. The van der Waals surface area contributed by atoms with E-state index in [-0.39, 0.29) is 80.9 Å². The number of hydrogen-bond acceptors (Lipinski definition) is 10. The molecule has 2 fully saturated rings. The number of nitrogens with two attached hydrogens (primary N) is 1. The van der Waals surface area contributed by atoms with Crippen LogP contribution in [0.3, 0.4) is 0 Å². The van der Waals surface area contributed by atoms with Gasteiger partial charge in [-0.25, -0.2) is 22.9 Å². The average molecular weight is 1000 g/mol. The molecule has 6 rings (SSSR count). The van der Waals surface area contributed by atoms with Gasteiger partial charge in [-0.2, -0.15) is 0 Å². The molecule has 1 aromatic heterocycles. The quantitative estimate of drug-likeness (QED) is 0.0565. The van der Waals surface area contributed by atoms with Crippen LogP contribution in [0.4, 0.5) is 23.7 Å². The van der Waals surface area contributed by atoms with E-state index < -0.39 is 77.6 Å². The highest BCUT2D eigenvalue weighted by molar-refractivity contribution is 5.98. The Morgan fingerprint density at radius 3 is 2.29 bits per heavy atom. The number of amides is 5. The Morgan fingerprint density at radius 1 is 0.931 bits per heavy atom. The van der Waals surface area contributed by atoms with Crippen molar-refractivity contribution in [3.8, 4) is 11.3 Å². The number of likely N-dealkylation sites (tertiary alicyclic amines) is 1. The van der Waals surface area contributed by atoms with E-state index in [1.165, 1.54) is 23.6 Å². The molecule has 4 aromatic rings. The second kappa shape index (κ2) is 25.7. The molecule has 0 saturated carbocycles. The topological polar surface area (TPSA) is 215 Å². The summed E-state index contributed by atoms with van der Waals surface area (Å²) in [5, 5.41) is 16.4. The Bertz CT molecular complexity index is 2500. The number of anilines is 1. The summed E-state index contributed by atoms with van der Waals surface area (Å²) in [7, 11) is 0. The van der Waals surface area contributed by atoms with Crippen LogP contribution in [0.1, 0.15) is 95.6 Å². The van der Waals surface area contributed by atoms with Gasteiger partial charge >= 0.3 is 6.09 Å². The van der Waals surface area contributed by atoms with Crippen molar-refractivity contribution >= 4 is 41.2 Å². The lowest BCUT2D eigenvalue weighted by Gasteiger charge is -2.40. The Labute approximate surface area is 417 Å². The van der Waals surface area contributed by atoms with Crippen LogP contribution in [-0.2, 0) is 46.6 Å². The number of benzene rings is 3. The van der Waals surface area contributed by atoms with E-state index in [4.69, 9.17) is 20.2 Å². The number of aromatic nitrogens is 2. The van der Waals surface area contributed by atoms with Gasteiger partial charge in [-0.05, 0) is 92.8 Å². The molecule has 16 nitrogen and oxygen atoms in total. The predicted molar refractivity (Wildman–Crippen MR) is 261 cm³/mol. The van der Waals surface area contributed by atoms with Crippen molar-refractivity contribution in [2.45, 2.75) is 110 Å².